The molecule has 1 aromatic rings. The number of hydrogen-bond acceptors (Lipinski definition) is 5. The number of nitrogens with two attached hydrogens (primary N) is 1. The third-order valence-electron chi connectivity index (χ3n) is 3.83. The van der Waals surface area contributed by atoms with Crippen LogP contribution >= 0.6 is 0 Å². The van der Waals surface area contributed by atoms with Gasteiger partial charge in [-0.3, -0.25) is 9.69 Å². The van der Waals surface area contributed by atoms with E-state index in [1.54, 1.807) is 25.3 Å². The summed E-state index contributed by atoms with van der Waals surface area (Å²) < 4.78 is 10.6. The van der Waals surface area contributed by atoms with Gasteiger partial charge < -0.3 is 20.5 Å². The van der Waals surface area contributed by atoms with E-state index in [4.69, 9.17) is 15.2 Å². The van der Waals surface area contributed by atoms with Crippen molar-refractivity contribution in [3.05, 3.63) is 18.2 Å². The van der Waals surface area contributed by atoms with Crippen LogP contribution in [0, 0.1) is 0 Å². The predicted octanol–water partition coefficient (Wildman–Crippen LogP) is 1.33. The van der Waals surface area contributed by atoms with Gasteiger partial charge in [0.1, 0.15) is 5.75 Å². The van der Waals surface area contributed by atoms with Gasteiger partial charge in [-0.1, -0.05) is 0 Å². The number of carbonyl (C=O) groups is 1. The van der Waals surface area contributed by atoms with Gasteiger partial charge in [0.05, 0.1) is 31.1 Å². The van der Waals surface area contributed by atoms with Crippen LogP contribution in [0.1, 0.15) is 13.3 Å². The molecule has 0 aromatic heterocycles. The summed E-state index contributed by atoms with van der Waals surface area (Å²) in [6.45, 7) is 3.10. The number of methoxy groups -OCH3 is 1. The topological polar surface area (TPSA) is 76.8 Å². The molecular weight excluding hydrogens is 270 g/mol. The fourth-order valence-corrected chi connectivity index (χ4v) is 2.61. The SMILES string of the molecule is COc1ccc(NC(=O)CN(C)C2CCOC2C)c(N)c1. The predicted molar refractivity (Wildman–Crippen MR) is 82.5 cm³/mol. The Morgan fingerprint density at radius 2 is 2.33 bits per heavy atom. The Morgan fingerprint density at radius 3 is 2.90 bits per heavy atom. The van der Waals surface area contributed by atoms with E-state index in [1.165, 1.54) is 0 Å². The Bertz CT molecular complexity index is 507. The summed E-state index contributed by atoms with van der Waals surface area (Å²) in [5.41, 5.74) is 6.98. The van der Waals surface area contributed by atoms with E-state index in [0.717, 1.165) is 13.0 Å². The molecule has 21 heavy (non-hydrogen) atoms. The average Bonchev–Trinajstić information content (AvgIpc) is 2.87. The van der Waals surface area contributed by atoms with Crippen LogP contribution in [0.4, 0.5) is 11.4 Å². The van der Waals surface area contributed by atoms with E-state index in [2.05, 4.69) is 5.32 Å². The molecule has 6 heteroatoms. The molecule has 0 bridgehead atoms. The van der Waals surface area contributed by atoms with Crippen LogP contribution in [0.25, 0.3) is 0 Å². The number of nitrogens with one attached hydrogen (secondary N) is 1. The number of benzene rings is 1. The van der Waals surface area contributed by atoms with Crippen LogP contribution in [0.5, 0.6) is 5.75 Å². The van der Waals surface area contributed by atoms with Gasteiger partial charge in [-0.15, -0.1) is 0 Å². The van der Waals surface area contributed by atoms with Crippen LogP contribution in [0.2, 0.25) is 0 Å². The number of anilines is 2. The average molecular weight is 293 g/mol. The number of carbonyl (C=O) groups excluding carboxylic acids is 1. The van der Waals surface area contributed by atoms with E-state index in [0.29, 0.717) is 23.7 Å². The van der Waals surface area contributed by atoms with Crippen LogP contribution in [-0.2, 0) is 9.53 Å². The van der Waals surface area contributed by atoms with E-state index in [1.807, 2.05) is 18.9 Å². The zero-order valence-corrected chi connectivity index (χ0v) is 12.8. The van der Waals surface area contributed by atoms with Crippen molar-refractivity contribution in [3.63, 3.8) is 0 Å². The second-order valence-electron chi connectivity index (χ2n) is 5.35. The summed E-state index contributed by atoms with van der Waals surface area (Å²) in [7, 11) is 3.51. The third-order valence-corrected chi connectivity index (χ3v) is 3.83. The minimum Gasteiger partial charge on any atom is -0.497 e. The molecule has 2 unspecified atom stereocenters. The molecule has 0 radical (unpaired) electrons. The van der Waals surface area contributed by atoms with Crippen molar-refractivity contribution in [1.82, 2.24) is 4.90 Å². The summed E-state index contributed by atoms with van der Waals surface area (Å²) in [5, 5.41) is 2.83. The van der Waals surface area contributed by atoms with Crippen molar-refractivity contribution in [2.75, 3.05) is 38.4 Å². The molecule has 6 nitrogen and oxygen atoms in total. The lowest BCUT2D eigenvalue weighted by atomic mass is 10.1. The minimum absolute atomic E-state index is 0.0894. The first kappa shape index (κ1) is 15.6. The summed E-state index contributed by atoms with van der Waals surface area (Å²) >= 11 is 0. The second kappa shape index (κ2) is 6.78. The minimum atomic E-state index is -0.0894. The van der Waals surface area contributed by atoms with Gasteiger partial charge in [-0.05, 0) is 32.5 Å². The van der Waals surface area contributed by atoms with Crippen molar-refractivity contribution in [3.8, 4) is 5.75 Å². The molecule has 1 aliphatic heterocycles. The van der Waals surface area contributed by atoms with Gasteiger partial charge in [-0.2, -0.15) is 0 Å². The number of nitrogens with zero attached hydrogens (tertiary/aromatic N) is 1. The number of rotatable bonds is 5. The molecule has 0 aliphatic carbocycles. The van der Waals surface area contributed by atoms with Crippen LogP contribution < -0.4 is 15.8 Å². The zero-order chi connectivity index (χ0) is 15.4. The van der Waals surface area contributed by atoms with E-state index in [9.17, 15) is 4.79 Å². The highest BCUT2D eigenvalue weighted by Crippen LogP contribution is 2.24. The Kier molecular flexibility index (Phi) is 5.03. The quantitative estimate of drug-likeness (QED) is 0.801. The summed E-state index contributed by atoms with van der Waals surface area (Å²) in [5.74, 6) is 0.577. The highest BCUT2D eigenvalue weighted by molar-refractivity contribution is 5.95. The van der Waals surface area contributed by atoms with E-state index >= 15 is 0 Å². The molecule has 0 saturated carbocycles. The van der Waals surface area contributed by atoms with Crippen molar-refractivity contribution in [1.29, 1.82) is 0 Å². The molecule has 1 aromatic carbocycles. The zero-order valence-electron chi connectivity index (χ0n) is 12.8. The van der Waals surface area contributed by atoms with Gasteiger partial charge in [-0.25, -0.2) is 0 Å². The summed E-state index contributed by atoms with van der Waals surface area (Å²) in [6.07, 6.45) is 1.11. The highest BCUT2D eigenvalue weighted by Gasteiger charge is 2.28. The lowest BCUT2D eigenvalue weighted by Gasteiger charge is -2.25. The number of amides is 1. The van der Waals surface area contributed by atoms with Crippen molar-refractivity contribution < 1.29 is 14.3 Å². The van der Waals surface area contributed by atoms with Crippen molar-refractivity contribution in [2.24, 2.45) is 0 Å². The third kappa shape index (κ3) is 3.86. The molecule has 2 rings (SSSR count). The van der Waals surface area contributed by atoms with Crippen molar-refractivity contribution in [2.45, 2.75) is 25.5 Å². The molecule has 116 valence electrons. The molecule has 1 saturated heterocycles. The lowest BCUT2D eigenvalue weighted by molar-refractivity contribution is -0.117. The van der Waals surface area contributed by atoms with E-state index < -0.39 is 0 Å². The number of hydrogen-bond donors (Lipinski definition) is 2. The molecule has 1 heterocycles. The number of ether oxygens (including phenoxy) is 2. The first-order valence-corrected chi connectivity index (χ1v) is 7.06. The second-order valence-corrected chi connectivity index (χ2v) is 5.35. The smallest absolute Gasteiger partial charge is 0.238 e. The van der Waals surface area contributed by atoms with Crippen molar-refractivity contribution >= 4 is 17.3 Å². The first-order valence-electron chi connectivity index (χ1n) is 7.06. The van der Waals surface area contributed by atoms with Gasteiger partial charge in [0.25, 0.3) is 0 Å². The standard InChI is InChI=1S/C15H23N3O3/c1-10-14(6-7-21-10)18(2)9-15(19)17-13-5-4-11(20-3)8-12(13)16/h4-5,8,10,14H,6-7,9,16H2,1-3H3,(H,17,19). The maximum Gasteiger partial charge on any atom is 0.238 e. The molecule has 3 N–H and O–H groups in total. The molecule has 1 fully saturated rings. The van der Waals surface area contributed by atoms with Crippen LogP contribution in [0.15, 0.2) is 18.2 Å². The summed E-state index contributed by atoms with van der Waals surface area (Å²) in [6, 6.07) is 5.48. The Hall–Kier alpha value is -1.79. The summed E-state index contributed by atoms with van der Waals surface area (Å²) in [4.78, 5) is 14.1. The highest BCUT2D eigenvalue weighted by atomic mass is 16.5. The maximum absolute atomic E-state index is 12.1. The van der Waals surface area contributed by atoms with E-state index in [-0.39, 0.29) is 18.1 Å². The van der Waals surface area contributed by atoms with Crippen LogP contribution in [0.3, 0.4) is 0 Å². The molecule has 2 atom stereocenters. The molecule has 1 aliphatic rings. The van der Waals surface area contributed by atoms with Gasteiger partial charge in [0.15, 0.2) is 0 Å². The van der Waals surface area contributed by atoms with Gasteiger partial charge in [0, 0.05) is 18.7 Å². The Morgan fingerprint density at radius 1 is 1.57 bits per heavy atom. The molecule has 0 spiro atoms. The fraction of sp³-hybridized carbons (Fsp3) is 0.533. The number of nitrogen functional groups attached to an aromatic ring is 1. The fourth-order valence-electron chi connectivity index (χ4n) is 2.61. The van der Waals surface area contributed by atoms with Crippen LogP contribution in [-0.4, -0.2) is 50.3 Å². The normalized spacial score (nSPS) is 21.5. The first-order chi connectivity index (χ1) is 10.0. The number of likely N-dealkylation sites (N-methyl/N-ethyl adjacent to an activating group) is 1. The Labute approximate surface area is 125 Å². The molecular formula is C15H23N3O3. The lowest BCUT2D eigenvalue weighted by Crippen LogP contribution is -2.41. The molecule has 1 amide bonds. The monoisotopic (exact) mass is 293 g/mol. The largest absolute Gasteiger partial charge is 0.497 e. The van der Waals surface area contributed by atoms with Gasteiger partial charge in [0.2, 0.25) is 5.91 Å². The Balaban J connectivity index is 1.92. The maximum atomic E-state index is 12.1. The van der Waals surface area contributed by atoms with Gasteiger partial charge >= 0.3 is 0 Å².